The van der Waals surface area contributed by atoms with Gasteiger partial charge in [0.25, 0.3) is 0 Å². The Morgan fingerprint density at radius 2 is 1.61 bits per heavy atom. The molecule has 0 spiro atoms. The highest BCUT2D eigenvalue weighted by atomic mass is 16.4. The van der Waals surface area contributed by atoms with Crippen molar-refractivity contribution in [3.63, 3.8) is 0 Å². The van der Waals surface area contributed by atoms with Gasteiger partial charge < -0.3 is 9.52 Å². The number of hydrogen-bond acceptors (Lipinski definition) is 4. The summed E-state index contributed by atoms with van der Waals surface area (Å²) in [6.07, 6.45) is 0. The minimum Gasteiger partial charge on any atom is -0.507 e. The van der Waals surface area contributed by atoms with E-state index >= 15 is 0 Å². The van der Waals surface area contributed by atoms with Gasteiger partial charge in [0.15, 0.2) is 11.5 Å². The molecule has 4 nitrogen and oxygen atoms in total. The van der Waals surface area contributed by atoms with Crippen LogP contribution in [-0.2, 0) is 0 Å². The predicted octanol–water partition coefficient (Wildman–Crippen LogP) is 3.34. The SMILES string of the molecule is O=C1c2c(O)cc(=O)oc2-c2ccccc2C1c1ccccc1. The molecule has 0 amide bonds. The molecular formula is C19H12O4. The number of fused-ring (bicyclic) bond motifs is 3. The van der Waals surface area contributed by atoms with Gasteiger partial charge in [0.2, 0.25) is 0 Å². The minimum atomic E-state index is -0.679. The van der Waals surface area contributed by atoms with Gasteiger partial charge in [-0.1, -0.05) is 54.6 Å². The fraction of sp³-hybridized carbons (Fsp3) is 0.0526. The second-order valence-corrected chi connectivity index (χ2v) is 5.45. The van der Waals surface area contributed by atoms with Crippen molar-refractivity contribution in [3.8, 4) is 17.1 Å². The molecule has 1 aliphatic carbocycles. The first-order chi connectivity index (χ1) is 11.2. The number of rotatable bonds is 1. The summed E-state index contributed by atoms with van der Waals surface area (Å²) >= 11 is 0. The second kappa shape index (κ2) is 4.95. The molecule has 112 valence electrons. The molecule has 4 rings (SSSR count). The Bertz CT molecular complexity index is 970. The summed E-state index contributed by atoms with van der Waals surface area (Å²) < 4.78 is 5.23. The molecule has 2 aromatic carbocycles. The molecule has 4 heteroatoms. The zero-order valence-electron chi connectivity index (χ0n) is 12.0. The van der Waals surface area contributed by atoms with E-state index in [0.717, 1.165) is 17.2 Å². The molecule has 1 aliphatic rings. The van der Waals surface area contributed by atoms with Crippen LogP contribution in [0.5, 0.6) is 5.75 Å². The van der Waals surface area contributed by atoms with Crippen LogP contribution < -0.4 is 5.63 Å². The minimum absolute atomic E-state index is 0.0668. The Hall–Kier alpha value is -3.14. The Morgan fingerprint density at radius 1 is 0.913 bits per heavy atom. The molecule has 1 atom stereocenters. The lowest BCUT2D eigenvalue weighted by Gasteiger charge is -2.25. The normalized spacial score (nSPS) is 15.8. The van der Waals surface area contributed by atoms with Crippen LogP contribution in [0, 0.1) is 0 Å². The molecule has 1 aromatic heterocycles. The van der Waals surface area contributed by atoms with Gasteiger partial charge >= 0.3 is 5.63 Å². The number of hydrogen-bond donors (Lipinski definition) is 1. The van der Waals surface area contributed by atoms with Crippen LogP contribution in [-0.4, -0.2) is 10.9 Å². The smallest absolute Gasteiger partial charge is 0.339 e. The molecule has 0 fully saturated rings. The molecule has 0 bridgehead atoms. The highest BCUT2D eigenvalue weighted by molar-refractivity contribution is 6.12. The molecule has 0 radical (unpaired) electrons. The summed E-state index contributed by atoms with van der Waals surface area (Å²) in [5.41, 5.74) is 1.65. The van der Waals surface area contributed by atoms with Gasteiger partial charge in [-0.2, -0.15) is 0 Å². The van der Waals surface area contributed by atoms with Gasteiger partial charge in [0, 0.05) is 5.56 Å². The summed E-state index contributed by atoms with van der Waals surface area (Å²) in [6, 6.07) is 17.6. The van der Waals surface area contributed by atoms with E-state index in [4.69, 9.17) is 4.42 Å². The lowest BCUT2D eigenvalue weighted by Crippen LogP contribution is -2.22. The van der Waals surface area contributed by atoms with Crippen LogP contribution in [0.25, 0.3) is 11.3 Å². The molecule has 0 saturated heterocycles. The summed E-state index contributed by atoms with van der Waals surface area (Å²) in [7, 11) is 0. The van der Waals surface area contributed by atoms with Crippen molar-refractivity contribution in [1.29, 1.82) is 0 Å². The maximum Gasteiger partial charge on any atom is 0.339 e. The highest BCUT2D eigenvalue weighted by Gasteiger charge is 2.36. The van der Waals surface area contributed by atoms with Crippen LogP contribution in [0.3, 0.4) is 0 Å². The van der Waals surface area contributed by atoms with E-state index in [0.29, 0.717) is 5.56 Å². The highest BCUT2D eigenvalue weighted by Crippen LogP contribution is 2.44. The van der Waals surface area contributed by atoms with Crippen molar-refractivity contribution in [2.75, 3.05) is 0 Å². The third-order valence-electron chi connectivity index (χ3n) is 4.10. The maximum atomic E-state index is 13.0. The maximum absolute atomic E-state index is 13.0. The number of Topliss-reactive ketones (excluding diaryl/α,β-unsaturated/α-hetero) is 1. The topological polar surface area (TPSA) is 67.5 Å². The van der Waals surface area contributed by atoms with E-state index < -0.39 is 11.5 Å². The van der Waals surface area contributed by atoms with Crippen LogP contribution in [0.2, 0.25) is 0 Å². The first-order valence-corrected chi connectivity index (χ1v) is 7.22. The number of ketones is 1. The zero-order valence-corrected chi connectivity index (χ0v) is 12.0. The summed E-state index contributed by atoms with van der Waals surface area (Å²) in [6.45, 7) is 0. The van der Waals surface area contributed by atoms with Crippen molar-refractivity contribution >= 4 is 5.78 Å². The Balaban J connectivity index is 2.06. The van der Waals surface area contributed by atoms with E-state index in [2.05, 4.69) is 0 Å². The second-order valence-electron chi connectivity index (χ2n) is 5.45. The van der Waals surface area contributed by atoms with Gasteiger partial charge in [-0.25, -0.2) is 4.79 Å². The van der Waals surface area contributed by atoms with Crippen molar-refractivity contribution in [2.45, 2.75) is 5.92 Å². The number of carbonyl (C=O) groups is 1. The third kappa shape index (κ3) is 1.99. The molecule has 1 N–H and O–H groups in total. The molecule has 23 heavy (non-hydrogen) atoms. The number of aromatic hydroxyl groups is 1. The van der Waals surface area contributed by atoms with Crippen LogP contribution in [0.4, 0.5) is 0 Å². The Kier molecular flexibility index (Phi) is 2.91. The molecule has 0 aliphatic heterocycles. The van der Waals surface area contributed by atoms with E-state index in [1.165, 1.54) is 0 Å². The van der Waals surface area contributed by atoms with E-state index in [-0.39, 0.29) is 22.9 Å². The summed E-state index contributed by atoms with van der Waals surface area (Å²) in [4.78, 5) is 24.6. The third-order valence-corrected chi connectivity index (χ3v) is 4.10. The van der Waals surface area contributed by atoms with E-state index in [1.54, 1.807) is 6.07 Å². The van der Waals surface area contributed by atoms with Gasteiger partial charge in [-0.15, -0.1) is 0 Å². The molecule has 3 aromatic rings. The van der Waals surface area contributed by atoms with Crippen LogP contribution in [0.15, 0.2) is 69.9 Å². The van der Waals surface area contributed by atoms with Crippen molar-refractivity contribution < 1.29 is 14.3 Å². The van der Waals surface area contributed by atoms with Gasteiger partial charge in [0.1, 0.15) is 11.3 Å². The summed E-state index contributed by atoms with van der Waals surface area (Å²) in [5, 5.41) is 10.1. The van der Waals surface area contributed by atoms with Crippen molar-refractivity contribution in [3.05, 3.63) is 87.8 Å². The average Bonchev–Trinajstić information content (AvgIpc) is 2.55. The van der Waals surface area contributed by atoms with E-state index in [9.17, 15) is 14.7 Å². The lowest BCUT2D eigenvalue weighted by atomic mass is 9.77. The van der Waals surface area contributed by atoms with Crippen LogP contribution in [0.1, 0.15) is 27.4 Å². The standard InChI is InChI=1S/C19H12O4/c20-14-10-15(21)23-19-13-9-5-4-8-12(13)16(18(22)17(14)19)11-6-2-1-3-7-11/h1-10,16,20H. The first kappa shape index (κ1) is 13.5. The quantitative estimate of drug-likeness (QED) is 0.748. The van der Waals surface area contributed by atoms with Crippen LogP contribution >= 0.6 is 0 Å². The lowest BCUT2D eigenvalue weighted by molar-refractivity contribution is 0.0967. The van der Waals surface area contributed by atoms with Gasteiger partial charge in [-0.3, -0.25) is 4.79 Å². The molecular weight excluding hydrogens is 292 g/mol. The number of benzene rings is 2. The predicted molar refractivity (Wildman–Crippen MR) is 84.7 cm³/mol. The summed E-state index contributed by atoms with van der Waals surface area (Å²) in [5.74, 6) is -0.996. The van der Waals surface area contributed by atoms with E-state index in [1.807, 2.05) is 48.5 Å². The zero-order chi connectivity index (χ0) is 16.0. The van der Waals surface area contributed by atoms with Gasteiger partial charge in [-0.05, 0) is 11.1 Å². The first-order valence-electron chi connectivity index (χ1n) is 7.22. The number of carbonyl (C=O) groups excluding carboxylic acids is 1. The largest absolute Gasteiger partial charge is 0.507 e. The molecule has 1 unspecified atom stereocenters. The average molecular weight is 304 g/mol. The molecule has 0 saturated carbocycles. The fourth-order valence-corrected chi connectivity index (χ4v) is 3.13. The Labute approximate surface area is 131 Å². The Morgan fingerprint density at radius 3 is 2.39 bits per heavy atom. The monoisotopic (exact) mass is 304 g/mol. The molecule has 1 heterocycles. The van der Waals surface area contributed by atoms with Gasteiger partial charge in [0.05, 0.1) is 12.0 Å². The van der Waals surface area contributed by atoms with Crippen molar-refractivity contribution in [1.82, 2.24) is 0 Å². The fourth-order valence-electron chi connectivity index (χ4n) is 3.13. The van der Waals surface area contributed by atoms with Crippen molar-refractivity contribution in [2.24, 2.45) is 0 Å².